The summed E-state index contributed by atoms with van der Waals surface area (Å²) in [5.41, 5.74) is 6.20. The van der Waals surface area contributed by atoms with Gasteiger partial charge in [0.05, 0.1) is 5.69 Å². The van der Waals surface area contributed by atoms with E-state index in [0.717, 1.165) is 17.3 Å². The Bertz CT molecular complexity index is 960. The first-order chi connectivity index (χ1) is 11.9. The van der Waals surface area contributed by atoms with Crippen molar-refractivity contribution in [2.45, 2.75) is 50.7 Å². The lowest BCUT2D eigenvalue weighted by Gasteiger charge is -2.38. The first-order valence-corrected chi connectivity index (χ1v) is 9.79. The third kappa shape index (κ3) is 2.78. The van der Waals surface area contributed by atoms with Gasteiger partial charge in [0.2, 0.25) is 5.16 Å². The fourth-order valence-electron chi connectivity index (χ4n) is 3.87. The summed E-state index contributed by atoms with van der Waals surface area (Å²) in [4.78, 5) is 8.81. The summed E-state index contributed by atoms with van der Waals surface area (Å²) in [5, 5.41) is 9.02. The van der Waals surface area contributed by atoms with Crippen LogP contribution in [-0.4, -0.2) is 31.4 Å². The Morgan fingerprint density at radius 1 is 1.32 bits per heavy atom. The minimum absolute atomic E-state index is 0.128. The molecule has 2 aromatic heterocycles. The Morgan fingerprint density at radius 3 is 2.88 bits per heavy atom. The molecule has 0 spiro atoms. The zero-order valence-corrected chi connectivity index (χ0v) is 16.1. The van der Waals surface area contributed by atoms with Gasteiger partial charge in [0.25, 0.3) is 5.78 Å². The van der Waals surface area contributed by atoms with Crippen LogP contribution in [0.25, 0.3) is 17.0 Å². The van der Waals surface area contributed by atoms with Crippen molar-refractivity contribution in [1.29, 1.82) is 0 Å². The molecule has 0 radical (unpaired) electrons. The second-order valence-corrected chi connectivity index (χ2v) is 8.28. The molecule has 0 saturated carbocycles. The van der Waals surface area contributed by atoms with E-state index in [-0.39, 0.29) is 5.54 Å². The smallest absolute Gasteiger partial charge is 0.253 e. The van der Waals surface area contributed by atoms with Gasteiger partial charge in [-0.2, -0.15) is 9.50 Å². The fourth-order valence-corrected chi connectivity index (χ4v) is 4.21. The standard InChI is InChI=1S/C19H23N5S/c1-11-8-15-13(12(2)10-19(3,4)22-15)9-14(11)16-6-7-20-17-21-18(25-5)23-24(16)17/h6-9,12,22H,10H2,1-5H3/t12-/m1/s1. The molecular formula is C19H23N5S. The van der Waals surface area contributed by atoms with Crippen molar-refractivity contribution in [1.82, 2.24) is 19.6 Å². The summed E-state index contributed by atoms with van der Waals surface area (Å²) in [7, 11) is 0. The van der Waals surface area contributed by atoms with Gasteiger partial charge >= 0.3 is 0 Å². The highest BCUT2D eigenvalue weighted by Gasteiger charge is 2.30. The van der Waals surface area contributed by atoms with Gasteiger partial charge < -0.3 is 5.32 Å². The van der Waals surface area contributed by atoms with Crippen LogP contribution in [0.15, 0.2) is 29.6 Å². The number of aromatic nitrogens is 4. The van der Waals surface area contributed by atoms with Gasteiger partial charge in [0.1, 0.15) is 0 Å². The molecule has 0 saturated heterocycles. The van der Waals surface area contributed by atoms with E-state index in [9.17, 15) is 0 Å². The molecule has 0 unspecified atom stereocenters. The van der Waals surface area contributed by atoms with Crippen molar-refractivity contribution in [3.8, 4) is 11.3 Å². The van der Waals surface area contributed by atoms with Crippen molar-refractivity contribution in [3.63, 3.8) is 0 Å². The number of nitrogens with one attached hydrogen (secondary N) is 1. The van der Waals surface area contributed by atoms with Gasteiger partial charge in [-0.3, -0.25) is 0 Å². The number of nitrogens with zero attached hydrogens (tertiary/aromatic N) is 4. The number of fused-ring (bicyclic) bond motifs is 2. The molecule has 1 aromatic carbocycles. The maximum Gasteiger partial charge on any atom is 0.253 e. The van der Waals surface area contributed by atoms with Gasteiger partial charge in [-0.15, -0.1) is 5.10 Å². The van der Waals surface area contributed by atoms with Crippen LogP contribution in [-0.2, 0) is 0 Å². The molecule has 0 aliphatic carbocycles. The number of benzene rings is 1. The quantitative estimate of drug-likeness (QED) is 0.687. The zero-order chi connectivity index (χ0) is 17.8. The van der Waals surface area contributed by atoms with Crippen molar-refractivity contribution in [3.05, 3.63) is 35.5 Å². The molecule has 130 valence electrons. The summed E-state index contributed by atoms with van der Waals surface area (Å²) in [6, 6.07) is 6.60. The number of thioether (sulfide) groups is 1. The van der Waals surface area contributed by atoms with E-state index in [0.29, 0.717) is 11.7 Å². The zero-order valence-electron chi connectivity index (χ0n) is 15.3. The highest BCUT2D eigenvalue weighted by molar-refractivity contribution is 7.98. The van der Waals surface area contributed by atoms with Crippen molar-refractivity contribution in [2.75, 3.05) is 11.6 Å². The molecule has 3 heterocycles. The van der Waals surface area contributed by atoms with Gasteiger partial charge in [-0.1, -0.05) is 18.7 Å². The molecule has 4 rings (SSSR count). The summed E-state index contributed by atoms with van der Waals surface area (Å²) in [6.07, 6.45) is 4.91. The van der Waals surface area contributed by atoms with Crippen LogP contribution in [0.2, 0.25) is 0 Å². The van der Waals surface area contributed by atoms with Crippen molar-refractivity contribution < 1.29 is 0 Å². The van der Waals surface area contributed by atoms with E-state index in [2.05, 4.69) is 60.2 Å². The van der Waals surface area contributed by atoms with E-state index < -0.39 is 0 Å². The van der Waals surface area contributed by atoms with Gasteiger partial charge in [-0.25, -0.2) is 4.98 Å². The topological polar surface area (TPSA) is 55.1 Å². The van der Waals surface area contributed by atoms with E-state index in [4.69, 9.17) is 0 Å². The summed E-state index contributed by atoms with van der Waals surface area (Å²) in [6.45, 7) is 9.00. The SMILES string of the molecule is CSc1nc2nccc(-c3cc4c(cc3C)NC(C)(C)C[C@H]4C)n2n1. The molecule has 1 aliphatic rings. The lowest BCUT2D eigenvalue weighted by Crippen LogP contribution is -2.36. The molecule has 0 amide bonds. The first kappa shape index (κ1) is 16.4. The molecule has 0 bridgehead atoms. The third-order valence-electron chi connectivity index (χ3n) is 4.90. The van der Waals surface area contributed by atoms with Gasteiger partial charge in [-0.05, 0) is 68.7 Å². The molecule has 1 N–H and O–H groups in total. The predicted molar refractivity (Wildman–Crippen MR) is 103 cm³/mol. The van der Waals surface area contributed by atoms with Gasteiger partial charge in [0, 0.05) is 23.0 Å². The molecule has 5 nitrogen and oxygen atoms in total. The van der Waals surface area contributed by atoms with Crippen LogP contribution in [0, 0.1) is 6.92 Å². The fraction of sp³-hybridized carbons (Fsp3) is 0.421. The molecule has 0 fully saturated rings. The number of hydrogen-bond acceptors (Lipinski definition) is 5. The molecule has 1 aliphatic heterocycles. The minimum atomic E-state index is 0.128. The Hall–Kier alpha value is -2.08. The summed E-state index contributed by atoms with van der Waals surface area (Å²) >= 11 is 1.53. The van der Waals surface area contributed by atoms with Gasteiger partial charge in [0.15, 0.2) is 0 Å². The van der Waals surface area contributed by atoms with Crippen LogP contribution >= 0.6 is 11.8 Å². The molecule has 6 heteroatoms. The van der Waals surface area contributed by atoms with Crippen LogP contribution in [0.5, 0.6) is 0 Å². The number of hydrogen-bond donors (Lipinski definition) is 1. The Labute approximate surface area is 152 Å². The maximum atomic E-state index is 4.59. The Balaban J connectivity index is 1.90. The van der Waals surface area contributed by atoms with E-state index in [1.54, 1.807) is 0 Å². The van der Waals surface area contributed by atoms with Crippen LogP contribution in [0.3, 0.4) is 0 Å². The average molecular weight is 353 g/mol. The predicted octanol–water partition coefficient (Wildman–Crippen LogP) is 4.52. The minimum Gasteiger partial charge on any atom is -0.380 e. The molecule has 25 heavy (non-hydrogen) atoms. The Kier molecular flexibility index (Phi) is 3.76. The largest absolute Gasteiger partial charge is 0.380 e. The van der Waals surface area contributed by atoms with E-state index in [1.165, 1.54) is 34.1 Å². The lowest BCUT2D eigenvalue weighted by molar-refractivity contribution is 0.454. The lowest BCUT2D eigenvalue weighted by atomic mass is 9.80. The average Bonchev–Trinajstić information content (AvgIpc) is 2.96. The Morgan fingerprint density at radius 2 is 2.12 bits per heavy atom. The third-order valence-corrected chi connectivity index (χ3v) is 5.43. The normalized spacial score (nSPS) is 18.8. The van der Waals surface area contributed by atoms with Crippen molar-refractivity contribution >= 4 is 23.2 Å². The second kappa shape index (κ2) is 5.73. The number of anilines is 1. The molecular weight excluding hydrogens is 330 g/mol. The molecule has 1 atom stereocenters. The first-order valence-electron chi connectivity index (χ1n) is 8.57. The van der Waals surface area contributed by atoms with Crippen molar-refractivity contribution in [2.24, 2.45) is 0 Å². The summed E-state index contributed by atoms with van der Waals surface area (Å²) in [5.74, 6) is 1.16. The second-order valence-electron chi connectivity index (χ2n) is 7.51. The molecule has 3 aromatic rings. The monoisotopic (exact) mass is 353 g/mol. The highest BCUT2D eigenvalue weighted by Crippen LogP contribution is 2.41. The maximum absolute atomic E-state index is 4.59. The number of aryl methyl sites for hydroxylation is 1. The van der Waals surface area contributed by atoms with Crippen LogP contribution in [0.4, 0.5) is 5.69 Å². The summed E-state index contributed by atoms with van der Waals surface area (Å²) < 4.78 is 1.85. The number of rotatable bonds is 2. The highest BCUT2D eigenvalue weighted by atomic mass is 32.2. The van der Waals surface area contributed by atoms with E-state index >= 15 is 0 Å². The van der Waals surface area contributed by atoms with E-state index in [1.807, 2.05) is 23.0 Å². The van der Waals surface area contributed by atoms with Crippen LogP contribution < -0.4 is 5.32 Å². The van der Waals surface area contributed by atoms with Crippen LogP contribution in [0.1, 0.15) is 44.2 Å².